The summed E-state index contributed by atoms with van der Waals surface area (Å²) in [6.45, 7) is 8.00. The normalized spacial score (nSPS) is 24.9. The zero-order valence-corrected chi connectivity index (χ0v) is 20.4. The Morgan fingerprint density at radius 3 is 2.62 bits per heavy atom. The quantitative estimate of drug-likeness (QED) is 0.271. The highest BCUT2D eigenvalue weighted by Crippen LogP contribution is 2.55. The summed E-state index contributed by atoms with van der Waals surface area (Å²) in [5.74, 6) is 1.53. The van der Waals surface area contributed by atoms with E-state index in [2.05, 4.69) is 61.7 Å². The van der Waals surface area contributed by atoms with Crippen LogP contribution in [-0.2, 0) is 9.09 Å². The Morgan fingerprint density at radius 2 is 1.97 bits per heavy atom. The van der Waals surface area contributed by atoms with Gasteiger partial charge in [0.25, 0.3) is 0 Å². The van der Waals surface area contributed by atoms with E-state index in [9.17, 15) is 4.57 Å². The number of nitrogens with one attached hydrogen (secondary N) is 2. The van der Waals surface area contributed by atoms with Crippen LogP contribution >= 0.6 is 7.37 Å². The summed E-state index contributed by atoms with van der Waals surface area (Å²) in [4.78, 5) is 5.04. The van der Waals surface area contributed by atoms with Crippen molar-refractivity contribution in [1.29, 1.82) is 0 Å². The molecule has 0 amide bonds. The molecule has 170 valence electrons. The van der Waals surface area contributed by atoms with Crippen LogP contribution in [0.4, 0.5) is 11.4 Å². The number of hydrogen-bond acceptors (Lipinski definition) is 4. The third-order valence-electron chi connectivity index (χ3n) is 6.10. The van der Waals surface area contributed by atoms with Crippen LogP contribution in [0.25, 0.3) is 0 Å². The monoisotopic (exact) mass is 451 g/mol. The molecule has 2 aromatic rings. The SMILES string of the molecule is C/C=C(\C(=N/C(C)Nc1cccc(C2CCP(C)(=O)O2)c1)Nc1ccccc1C)C1CC1. The first-order chi connectivity index (χ1) is 15.3. The van der Waals surface area contributed by atoms with Gasteiger partial charge in [0.1, 0.15) is 12.0 Å². The predicted octanol–water partition coefficient (Wildman–Crippen LogP) is 6.99. The van der Waals surface area contributed by atoms with Crippen molar-refractivity contribution in [2.75, 3.05) is 23.5 Å². The number of amidine groups is 1. The van der Waals surface area contributed by atoms with Gasteiger partial charge in [-0.15, -0.1) is 0 Å². The first-order valence-corrected chi connectivity index (χ1v) is 13.8. The third-order valence-corrected chi connectivity index (χ3v) is 7.88. The maximum Gasteiger partial charge on any atom is 0.200 e. The second-order valence-electron chi connectivity index (χ2n) is 9.00. The molecule has 1 aliphatic heterocycles. The van der Waals surface area contributed by atoms with Crippen LogP contribution in [-0.4, -0.2) is 24.8 Å². The first kappa shape index (κ1) is 22.8. The Hall–Kier alpha value is -2.36. The highest BCUT2D eigenvalue weighted by molar-refractivity contribution is 7.58. The molecule has 0 radical (unpaired) electrons. The molecule has 1 saturated carbocycles. The molecule has 3 unspecified atom stereocenters. The Kier molecular flexibility index (Phi) is 6.88. The smallest absolute Gasteiger partial charge is 0.200 e. The van der Waals surface area contributed by atoms with E-state index in [-0.39, 0.29) is 12.3 Å². The fourth-order valence-corrected chi connectivity index (χ4v) is 5.80. The minimum Gasteiger partial charge on any atom is -0.364 e. The minimum absolute atomic E-state index is 0.0887. The van der Waals surface area contributed by atoms with Gasteiger partial charge in [-0.3, -0.25) is 4.57 Å². The number of aryl methyl sites for hydroxylation is 1. The lowest BCUT2D eigenvalue weighted by molar-refractivity contribution is 0.240. The number of benzene rings is 2. The lowest BCUT2D eigenvalue weighted by Crippen LogP contribution is -2.23. The van der Waals surface area contributed by atoms with Crippen molar-refractivity contribution in [3.63, 3.8) is 0 Å². The van der Waals surface area contributed by atoms with Gasteiger partial charge in [-0.2, -0.15) is 0 Å². The maximum atomic E-state index is 12.2. The maximum absolute atomic E-state index is 12.2. The van der Waals surface area contributed by atoms with Gasteiger partial charge >= 0.3 is 0 Å². The van der Waals surface area contributed by atoms with E-state index in [0.29, 0.717) is 12.1 Å². The molecule has 32 heavy (non-hydrogen) atoms. The second kappa shape index (κ2) is 9.64. The van der Waals surface area contributed by atoms with Crippen LogP contribution < -0.4 is 10.6 Å². The van der Waals surface area contributed by atoms with E-state index in [1.807, 2.05) is 24.3 Å². The van der Waals surface area contributed by atoms with Crippen LogP contribution in [0.1, 0.15) is 50.3 Å². The number of anilines is 2. The topological polar surface area (TPSA) is 62.7 Å². The molecule has 6 heteroatoms. The lowest BCUT2D eigenvalue weighted by Gasteiger charge is -2.19. The molecule has 3 atom stereocenters. The standard InChI is InChI=1S/C26H34N3O2P/c1-5-23(20-13-14-20)26(29-24-12-7-6-9-18(24)2)28-19(3)27-22-11-8-10-21(17-22)25-15-16-32(4,30)31-25/h5-12,17,19-20,25,27H,13-16H2,1-4H3,(H,28,29)/b23-5-. The number of para-hydroxylation sites is 1. The molecule has 2 aliphatic rings. The number of aliphatic imine (C=N–C) groups is 1. The number of rotatable bonds is 7. The molecule has 2 fully saturated rings. The Labute approximate surface area is 191 Å². The predicted molar refractivity (Wildman–Crippen MR) is 135 cm³/mol. The van der Waals surface area contributed by atoms with Gasteiger partial charge < -0.3 is 15.2 Å². The number of allylic oxidation sites excluding steroid dienone is 1. The van der Waals surface area contributed by atoms with Crippen molar-refractivity contribution in [3.8, 4) is 0 Å². The number of hydrogen-bond donors (Lipinski definition) is 2. The van der Waals surface area contributed by atoms with E-state index in [4.69, 9.17) is 9.52 Å². The van der Waals surface area contributed by atoms with Crippen LogP contribution in [0, 0.1) is 12.8 Å². The Bertz CT molecular complexity index is 1070. The zero-order chi connectivity index (χ0) is 22.7. The average molecular weight is 452 g/mol. The second-order valence-corrected chi connectivity index (χ2v) is 11.7. The van der Waals surface area contributed by atoms with E-state index >= 15 is 0 Å². The molecule has 1 heterocycles. The third kappa shape index (κ3) is 5.70. The summed E-state index contributed by atoms with van der Waals surface area (Å²) in [5.41, 5.74) is 5.63. The molecule has 0 aromatic heterocycles. The largest absolute Gasteiger partial charge is 0.364 e. The molecule has 0 spiro atoms. The van der Waals surface area contributed by atoms with Gasteiger partial charge in [0.15, 0.2) is 0 Å². The summed E-state index contributed by atoms with van der Waals surface area (Å²) in [6, 6.07) is 16.5. The van der Waals surface area contributed by atoms with Gasteiger partial charge in [0.05, 0.1) is 6.10 Å². The van der Waals surface area contributed by atoms with Crippen molar-refractivity contribution in [3.05, 3.63) is 71.3 Å². The summed E-state index contributed by atoms with van der Waals surface area (Å²) >= 11 is 0. The van der Waals surface area contributed by atoms with Crippen molar-refractivity contribution >= 4 is 24.6 Å². The highest BCUT2D eigenvalue weighted by Gasteiger charge is 2.32. The highest BCUT2D eigenvalue weighted by atomic mass is 31.2. The number of nitrogens with zero attached hydrogens (tertiary/aromatic N) is 1. The van der Waals surface area contributed by atoms with Crippen LogP contribution in [0.3, 0.4) is 0 Å². The van der Waals surface area contributed by atoms with Crippen molar-refractivity contribution in [2.45, 2.75) is 52.3 Å². The summed E-state index contributed by atoms with van der Waals surface area (Å²) in [5, 5.41) is 7.11. The average Bonchev–Trinajstić information content (AvgIpc) is 3.52. The first-order valence-electron chi connectivity index (χ1n) is 11.5. The summed E-state index contributed by atoms with van der Waals surface area (Å²) in [6.07, 6.45) is 5.89. The molecule has 2 N–H and O–H groups in total. The van der Waals surface area contributed by atoms with Crippen LogP contribution in [0.15, 0.2) is 65.2 Å². The van der Waals surface area contributed by atoms with E-state index in [1.54, 1.807) is 6.66 Å². The van der Waals surface area contributed by atoms with E-state index < -0.39 is 7.37 Å². The summed E-state index contributed by atoms with van der Waals surface area (Å²) in [7, 11) is -2.44. The molecule has 5 nitrogen and oxygen atoms in total. The van der Waals surface area contributed by atoms with Crippen LogP contribution in [0.2, 0.25) is 0 Å². The molecule has 1 aliphatic carbocycles. The Balaban J connectivity index is 1.53. The van der Waals surface area contributed by atoms with Crippen molar-refractivity contribution in [1.82, 2.24) is 0 Å². The van der Waals surface area contributed by atoms with Gasteiger partial charge in [0, 0.05) is 24.2 Å². The van der Waals surface area contributed by atoms with E-state index in [1.165, 1.54) is 24.0 Å². The van der Waals surface area contributed by atoms with Gasteiger partial charge in [-0.1, -0.05) is 36.4 Å². The molecule has 1 saturated heterocycles. The molecule has 0 bridgehead atoms. The lowest BCUT2D eigenvalue weighted by atomic mass is 10.1. The molecule has 2 aromatic carbocycles. The van der Waals surface area contributed by atoms with Crippen LogP contribution in [0.5, 0.6) is 0 Å². The molecular formula is C26H34N3O2P. The van der Waals surface area contributed by atoms with E-state index in [0.717, 1.165) is 29.2 Å². The fourth-order valence-electron chi connectivity index (χ4n) is 4.23. The zero-order valence-electron chi connectivity index (χ0n) is 19.5. The van der Waals surface area contributed by atoms with Crippen molar-refractivity contribution in [2.24, 2.45) is 10.9 Å². The molecular weight excluding hydrogens is 417 g/mol. The minimum atomic E-state index is -2.44. The van der Waals surface area contributed by atoms with Gasteiger partial charge in [-0.05, 0) is 80.9 Å². The van der Waals surface area contributed by atoms with Gasteiger partial charge in [-0.25, -0.2) is 4.99 Å². The fraction of sp³-hybridized carbons (Fsp3) is 0.423. The summed E-state index contributed by atoms with van der Waals surface area (Å²) < 4.78 is 18.0. The van der Waals surface area contributed by atoms with Gasteiger partial charge in [0.2, 0.25) is 7.37 Å². The Morgan fingerprint density at radius 1 is 1.19 bits per heavy atom. The molecule has 4 rings (SSSR count). The van der Waals surface area contributed by atoms with Crippen molar-refractivity contribution < 1.29 is 9.09 Å².